The molecule has 2 aromatic rings. The molecule has 0 aromatic heterocycles. The average Bonchev–Trinajstić information content (AvgIpc) is 3.00. The van der Waals surface area contributed by atoms with Crippen LogP contribution in [0.1, 0.15) is 24.0 Å². The third-order valence-corrected chi connectivity index (χ3v) is 4.80. The number of anilines is 1. The maximum absolute atomic E-state index is 12.0. The third kappa shape index (κ3) is 4.82. The third-order valence-electron chi connectivity index (χ3n) is 4.11. The first-order chi connectivity index (χ1) is 12.1. The number of urea groups is 1. The molecule has 1 aliphatic rings. The number of para-hydroxylation sites is 1. The van der Waals surface area contributed by atoms with Gasteiger partial charge in [-0.15, -0.1) is 0 Å². The van der Waals surface area contributed by atoms with E-state index in [0.717, 1.165) is 34.3 Å². The minimum Gasteiger partial charge on any atom is -0.338 e. The summed E-state index contributed by atoms with van der Waals surface area (Å²) < 4.78 is 0.836. The van der Waals surface area contributed by atoms with E-state index in [-0.39, 0.29) is 11.9 Å². The Labute approximate surface area is 155 Å². The van der Waals surface area contributed by atoms with Crippen LogP contribution < -0.4 is 10.6 Å². The fourth-order valence-electron chi connectivity index (χ4n) is 2.84. The van der Waals surface area contributed by atoms with Gasteiger partial charge in [0, 0.05) is 30.5 Å². The van der Waals surface area contributed by atoms with E-state index in [2.05, 4.69) is 26.6 Å². The van der Waals surface area contributed by atoms with Crippen molar-refractivity contribution in [2.75, 3.05) is 11.9 Å². The smallest absolute Gasteiger partial charge is 0.319 e. The van der Waals surface area contributed by atoms with Crippen molar-refractivity contribution in [1.29, 1.82) is 0 Å². The number of halogens is 1. The van der Waals surface area contributed by atoms with Crippen LogP contribution in [0.2, 0.25) is 0 Å². The summed E-state index contributed by atoms with van der Waals surface area (Å²) in [7, 11) is 0. The molecule has 0 bridgehead atoms. The van der Waals surface area contributed by atoms with Crippen molar-refractivity contribution in [3.05, 3.63) is 64.1 Å². The summed E-state index contributed by atoms with van der Waals surface area (Å²) in [5.41, 5.74) is 2.81. The van der Waals surface area contributed by atoms with Gasteiger partial charge in [-0.2, -0.15) is 0 Å². The lowest BCUT2D eigenvalue weighted by molar-refractivity contribution is -0.128. The Kier molecular flexibility index (Phi) is 5.71. The average molecular weight is 402 g/mol. The van der Waals surface area contributed by atoms with Crippen LogP contribution >= 0.6 is 15.9 Å². The molecule has 5 nitrogen and oxygen atoms in total. The van der Waals surface area contributed by atoms with Crippen molar-refractivity contribution in [3.63, 3.8) is 0 Å². The molecular formula is C19H20BrN3O2. The van der Waals surface area contributed by atoms with Crippen molar-refractivity contribution in [3.8, 4) is 0 Å². The molecule has 0 atom stereocenters. The normalized spacial score (nSPS) is 13.8. The molecule has 3 amide bonds. The molecule has 0 radical (unpaired) electrons. The molecule has 3 rings (SSSR count). The van der Waals surface area contributed by atoms with Crippen molar-refractivity contribution in [2.45, 2.75) is 25.9 Å². The van der Waals surface area contributed by atoms with Gasteiger partial charge in [-0.3, -0.25) is 4.79 Å². The van der Waals surface area contributed by atoms with E-state index in [0.29, 0.717) is 19.5 Å². The first-order valence-electron chi connectivity index (χ1n) is 8.27. The number of hydrogen-bond acceptors (Lipinski definition) is 2. The monoisotopic (exact) mass is 401 g/mol. The van der Waals surface area contributed by atoms with Crippen LogP contribution in [-0.2, 0) is 17.9 Å². The van der Waals surface area contributed by atoms with E-state index in [9.17, 15) is 9.59 Å². The van der Waals surface area contributed by atoms with Crippen molar-refractivity contribution < 1.29 is 9.59 Å². The Bertz CT molecular complexity index is 779. The van der Waals surface area contributed by atoms with Gasteiger partial charge in [-0.25, -0.2) is 4.79 Å². The Balaban J connectivity index is 1.54. The van der Waals surface area contributed by atoms with Gasteiger partial charge in [0.05, 0.1) is 5.69 Å². The molecule has 1 fully saturated rings. The van der Waals surface area contributed by atoms with Gasteiger partial charge in [0.25, 0.3) is 0 Å². The molecule has 25 heavy (non-hydrogen) atoms. The Morgan fingerprint density at radius 3 is 2.68 bits per heavy atom. The van der Waals surface area contributed by atoms with Gasteiger partial charge in [-0.05, 0) is 45.6 Å². The van der Waals surface area contributed by atoms with Crippen LogP contribution in [0.5, 0.6) is 0 Å². The van der Waals surface area contributed by atoms with Gasteiger partial charge in [0.1, 0.15) is 0 Å². The van der Waals surface area contributed by atoms with Crippen LogP contribution in [0.4, 0.5) is 10.5 Å². The van der Waals surface area contributed by atoms with Crippen LogP contribution in [0.25, 0.3) is 0 Å². The predicted molar refractivity (Wildman–Crippen MR) is 101 cm³/mol. The molecule has 2 aromatic carbocycles. The number of carbonyl (C=O) groups excluding carboxylic acids is 2. The molecule has 1 saturated heterocycles. The summed E-state index contributed by atoms with van der Waals surface area (Å²) in [6, 6.07) is 15.2. The molecule has 130 valence electrons. The van der Waals surface area contributed by atoms with Crippen molar-refractivity contribution in [2.24, 2.45) is 0 Å². The van der Waals surface area contributed by atoms with E-state index >= 15 is 0 Å². The molecule has 0 saturated carbocycles. The van der Waals surface area contributed by atoms with Crippen LogP contribution in [0.15, 0.2) is 53.0 Å². The topological polar surface area (TPSA) is 61.4 Å². The molecule has 6 heteroatoms. The van der Waals surface area contributed by atoms with Gasteiger partial charge in [0.15, 0.2) is 0 Å². The standard InChI is InChI=1S/C19H20BrN3O2/c20-16-7-1-2-8-17(16)22-19(25)21-12-14-5-3-6-15(11-14)13-23-10-4-9-18(23)24/h1-3,5-8,11H,4,9-10,12-13H2,(H2,21,22,25). The largest absolute Gasteiger partial charge is 0.338 e. The van der Waals surface area contributed by atoms with Gasteiger partial charge < -0.3 is 15.5 Å². The highest BCUT2D eigenvalue weighted by molar-refractivity contribution is 9.10. The molecular weight excluding hydrogens is 382 g/mol. The van der Waals surface area contributed by atoms with E-state index in [4.69, 9.17) is 0 Å². The second-order valence-electron chi connectivity index (χ2n) is 6.03. The highest BCUT2D eigenvalue weighted by Gasteiger charge is 2.19. The second-order valence-corrected chi connectivity index (χ2v) is 6.88. The number of nitrogens with zero attached hydrogens (tertiary/aromatic N) is 1. The zero-order valence-electron chi connectivity index (χ0n) is 13.8. The SMILES string of the molecule is O=C(NCc1cccc(CN2CCCC2=O)c1)Nc1ccccc1Br. The van der Waals surface area contributed by atoms with Gasteiger partial charge in [0.2, 0.25) is 5.91 Å². The maximum atomic E-state index is 12.0. The predicted octanol–water partition coefficient (Wildman–Crippen LogP) is 3.89. The summed E-state index contributed by atoms with van der Waals surface area (Å²) in [6.07, 6.45) is 1.59. The Morgan fingerprint density at radius 2 is 1.92 bits per heavy atom. The molecule has 0 unspecified atom stereocenters. The Morgan fingerprint density at radius 1 is 1.12 bits per heavy atom. The highest BCUT2D eigenvalue weighted by Crippen LogP contribution is 2.21. The van der Waals surface area contributed by atoms with E-state index < -0.39 is 0 Å². The number of hydrogen-bond donors (Lipinski definition) is 2. The van der Waals surface area contributed by atoms with E-state index in [1.165, 1.54) is 0 Å². The zero-order valence-corrected chi connectivity index (χ0v) is 15.4. The number of amides is 3. The van der Waals surface area contributed by atoms with Crippen LogP contribution in [-0.4, -0.2) is 23.4 Å². The van der Waals surface area contributed by atoms with Gasteiger partial charge >= 0.3 is 6.03 Å². The van der Waals surface area contributed by atoms with Crippen LogP contribution in [0.3, 0.4) is 0 Å². The quantitative estimate of drug-likeness (QED) is 0.797. The lowest BCUT2D eigenvalue weighted by Gasteiger charge is -2.16. The Hall–Kier alpha value is -2.34. The minimum absolute atomic E-state index is 0.219. The first-order valence-corrected chi connectivity index (χ1v) is 9.06. The molecule has 0 aliphatic carbocycles. The summed E-state index contributed by atoms with van der Waals surface area (Å²) in [6.45, 7) is 1.89. The van der Waals surface area contributed by atoms with Crippen LogP contribution in [0, 0.1) is 0 Å². The molecule has 0 spiro atoms. The molecule has 1 aliphatic heterocycles. The fraction of sp³-hybridized carbons (Fsp3) is 0.263. The van der Waals surface area contributed by atoms with Crippen molar-refractivity contribution in [1.82, 2.24) is 10.2 Å². The van der Waals surface area contributed by atoms with Crippen molar-refractivity contribution >= 4 is 33.6 Å². The summed E-state index contributed by atoms with van der Waals surface area (Å²) >= 11 is 3.40. The van der Waals surface area contributed by atoms with Gasteiger partial charge in [-0.1, -0.05) is 36.4 Å². The lowest BCUT2D eigenvalue weighted by Crippen LogP contribution is -2.28. The van der Waals surface area contributed by atoms with E-state index in [1.807, 2.05) is 53.4 Å². The summed E-state index contributed by atoms with van der Waals surface area (Å²) in [5.74, 6) is 0.219. The minimum atomic E-state index is -0.257. The number of likely N-dealkylation sites (tertiary alicyclic amines) is 1. The summed E-state index contributed by atoms with van der Waals surface area (Å²) in [4.78, 5) is 25.7. The first kappa shape index (κ1) is 17.5. The van der Waals surface area contributed by atoms with E-state index in [1.54, 1.807) is 0 Å². The zero-order chi connectivity index (χ0) is 17.6. The molecule has 2 N–H and O–H groups in total. The number of rotatable bonds is 5. The maximum Gasteiger partial charge on any atom is 0.319 e. The second kappa shape index (κ2) is 8.16. The highest BCUT2D eigenvalue weighted by atomic mass is 79.9. The number of carbonyl (C=O) groups is 2. The molecule has 1 heterocycles. The number of nitrogens with one attached hydrogen (secondary N) is 2. The fourth-order valence-corrected chi connectivity index (χ4v) is 3.22. The number of benzene rings is 2. The lowest BCUT2D eigenvalue weighted by atomic mass is 10.1. The summed E-state index contributed by atoms with van der Waals surface area (Å²) in [5, 5.41) is 5.66.